The second-order valence-corrected chi connectivity index (χ2v) is 5.15. The molecular formula is C16H10ClNO4. The second-order valence-electron chi connectivity index (χ2n) is 4.72. The van der Waals surface area contributed by atoms with Crippen molar-refractivity contribution in [2.75, 3.05) is 0 Å². The lowest BCUT2D eigenvalue weighted by Gasteiger charge is -2.10. The quantitative estimate of drug-likeness (QED) is 0.534. The summed E-state index contributed by atoms with van der Waals surface area (Å²) in [6.07, 6.45) is -1.42. The van der Waals surface area contributed by atoms with Gasteiger partial charge in [-0.3, -0.25) is 19.7 Å². The highest BCUT2D eigenvalue weighted by Crippen LogP contribution is 2.26. The fourth-order valence-electron chi connectivity index (χ4n) is 2.11. The van der Waals surface area contributed by atoms with Crippen LogP contribution in [0, 0.1) is 0 Å². The minimum Gasteiger partial charge on any atom is -0.472 e. The largest absolute Gasteiger partial charge is 0.472 e. The van der Waals surface area contributed by atoms with Crippen LogP contribution >= 0.6 is 11.6 Å². The molecule has 0 spiro atoms. The molecule has 0 aromatic heterocycles. The number of halogens is 1. The Morgan fingerprint density at radius 1 is 0.955 bits per heavy atom. The van der Waals surface area contributed by atoms with E-state index in [1.54, 1.807) is 30.3 Å². The van der Waals surface area contributed by atoms with Gasteiger partial charge < -0.3 is 4.74 Å². The molecular weight excluding hydrogens is 306 g/mol. The maximum atomic E-state index is 11.5. The van der Waals surface area contributed by atoms with Gasteiger partial charge in [-0.25, -0.2) is 0 Å². The molecule has 3 rings (SSSR count). The molecule has 1 saturated heterocycles. The van der Waals surface area contributed by atoms with Gasteiger partial charge in [0.2, 0.25) is 6.10 Å². The topological polar surface area (TPSA) is 72.5 Å². The molecule has 1 N–H and O–H groups in total. The SMILES string of the molecule is O=C1NC(=O)C(Oc2cccc(-c3ccc(Cl)cc3)c2)C1=O. The van der Waals surface area contributed by atoms with Gasteiger partial charge >= 0.3 is 0 Å². The van der Waals surface area contributed by atoms with Crippen molar-refractivity contribution in [1.29, 1.82) is 0 Å². The highest BCUT2D eigenvalue weighted by molar-refractivity contribution is 6.49. The van der Waals surface area contributed by atoms with E-state index < -0.39 is 23.7 Å². The third-order valence-corrected chi connectivity index (χ3v) is 3.45. The molecule has 1 fully saturated rings. The zero-order valence-corrected chi connectivity index (χ0v) is 12.0. The molecule has 6 heteroatoms. The average Bonchev–Trinajstić information content (AvgIpc) is 2.75. The number of carbonyl (C=O) groups excluding carboxylic acids is 3. The molecule has 0 aliphatic carbocycles. The number of hydrogen-bond donors (Lipinski definition) is 1. The average molecular weight is 316 g/mol. The Morgan fingerprint density at radius 3 is 2.32 bits per heavy atom. The summed E-state index contributed by atoms with van der Waals surface area (Å²) in [4.78, 5) is 34.2. The summed E-state index contributed by atoms with van der Waals surface area (Å²) in [5.41, 5.74) is 1.75. The van der Waals surface area contributed by atoms with E-state index in [1.165, 1.54) is 0 Å². The Kier molecular flexibility index (Phi) is 3.65. The normalized spacial score (nSPS) is 17.5. The molecule has 5 nitrogen and oxygen atoms in total. The lowest BCUT2D eigenvalue weighted by Crippen LogP contribution is -2.31. The predicted molar refractivity (Wildman–Crippen MR) is 79.5 cm³/mol. The zero-order chi connectivity index (χ0) is 15.7. The fraction of sp³-hybridized carbons (Fsp3) is 0.0625. The summed E-state index contributed by atoms with van der Waals surface area (Å²) >= 11 is 5.85. The lowest BCUT2D eigenvalue weighted by atomic mass is 10.1. The van der Waals surface area contributed by atoms with Crippen molar-refractivity contribution in [3.8, 4) is 16.9 Å². The number of nitrogens with one attached hydrogen (secondary N) is 1. The van der Waals surface area contributed by atoms with Gasteiger partial charge in [-0.1, -0.05) is 35.9 Å². The molecule has 2 aromatic rings. The van der Waals surface area contributed by atoms with E-state index in [0.717, 1.165) is 11.1 Å². The Labute approximate surface area is 130 Å². The molecule has 0 saturated carbocycles. The molecule has 0 bridgehead atoms. The monoisotopic (exact) mass is 315 g/mol. The lowest BCUT2D eigenvalue weighted by molar-refractivity contribution is -0.138. The first kappa shape index (κ1) is 14.3. The molecule has 1 atom stereocenters. The summed E-state index contributed by atoms with van der Waals surface area (Å²) in [5.74, 6) is -2.24. The smallest absolute Gasteiger partial charge is 0.298 e. The van der Waals surface area contributed by atoms with E-state index in [1.807, 2.05) is 23.5 Å². The van der Waals surface area contributed by atoms with Crippen LogP contribution in [0.4, 0.5) is 0 Å². The Hall–Kier alpha value is -2.66. The van der Waals surface area contributed by atoms with Crippen molar-refractivity contribution >= 4 is 29.2 Å². The Bertz CT molecular complexity index is 770. The van der Waals surface area contributed by atoms with E-state index >= 15 is 0 Å². The van der Waals surface area contributed by atoms with Gasteiger partial charge in [-0.05, 0) is 35.4 Å². The number of carbonyl (C=O) groups is 3. The molecule has 110 valence electrons. The Morgan fingerprint density at radius 2 is 1.68 bits per heavy atom. The first-order valence-corrected chi connectivity index (χ1v) is 6.84. The molecule has 22 heavy (non-hydrogen) atoms. The van der Waals surface area contributed by atoms with Crippen LogP contribution in [0.3, 0.4) is 0 Å². The van der Waals surface area contributed by atoms with Crippen LogP contribution in [0.2, 0.25) is 5.02 Å². The summed E-state index contributed by atoms with van der Waals surface area (Å²) < 4.78 is 5.35. The molecule has 0 radical (unpaired) electrons. The van der Waals surface area contributed by atoms with Crippen LogP contribution in [-0.4, -0.2) is 23.7 Å². The van der Waals surface area contributed by atoms with E-state index in [4.69, 9.17) is 16.3 Å². The van der Waals surface area contributed by atoms with E-state index in [-0.39, 0.29) is 0 Å². The molecule has 1 aliphatic heterocycles. The van der Waals surface area contributed by atoms with Crippen molar-refractivity contribution in [2.24, 2.45) is 0 Å². The number of benzene rings is 2. The van der Waals surface area contributed by atoms with Gasteiger partial charge in [-0.2, -0.15) is 0 Å². The van der Waals surface area contributed by atoms with Gasteiger partial charge in [0.05, 0.1) is 0 Å². The number of ketones is 1. The Balaban J connectivity index is 1.85. The van der Waals surface area contributed by atoms with E-state index in [0.29, 0.717) is 10.8 Å². The van der Waals surface area contributed by atoms with E-state index in [2.05, 4.69) is 0 Å². The zero-order valence-electron chi connectivity index (χ0n) is 11.2. The van der Waals surface area contributed by atoms with Crippen molar-refractivity contribution in [3.63, 3.8) is 0 Å². The molecule has 1 unspecified atom stereocenters. The van der Waals surface area contributed by atoms with Crippen LogP contribution in [0.15, 0.2) is 48.5 Å². The van der Waals surface area contributed by atoms with Gasteiger partial charge in [0.15, 0.2) is 0 Å². The van der Waals surface area contributed by atoms with Crippen molar-refractivity contribution < 1.29 is 19.1 Å². The summed E-state index contributed by atoms with van der Waals surface area (Å²) in [6.45, 7) is 0. The second kappa shape index (κ2) is 5.61. The number of imide groups is 1. The highest BCUT2D eigenvalue weighted by Gasteiger charge is 2.42. The highest BCUT2D eigenvalue weighted by atomic mass is 35.5. The maximum Gasteiger partial charge on any atom is 0.298 e. The van der Waals surface area contributed by atoms with Gasteiger partial charge in [0.1, 0.15) is 5.75 Å². The van der Waals surface area contributed by atoms with Crippen molar-refractivity contribution in [2.45, 2.75) is 6.10 Å². The fourth-order valence-corrected chi connectivity index (χ4v) is 2.24. The summed E-state index contributed by atoms with van der Waals surface area (Å²) in [6, 6.07) is 14.1. The first-order valence-electron chi connectivity index (χ1n) is 6.46. The van der Waals surface area contributed by atoms with Gasteiger partial charge in [0, 0.05) is 5.02 Å². The van der Waals surface area contributed by atoms with Crippen LogP contribution in [0.5, 0.6) is 5.75 Å². The van der Waals surface area contributed by atoms with Crippen LogP contribution in [0.25, 0.3) is 11.1 Å². The summed E-state index contributed by atoms with van der Waals surface area (Å²) in [7, 11) is 0. The van der Waals surface area contributed by atoms with Crippen LogP contribution in [0.1, 0.15) is 0 Å². The van der Waals surface area contributed by atoms with Crippen LogP contribution < -0.4 is 10.1 Å². The standard InChI is InChI=1S/C16H10ClNO4/c17-11-6-4-9(5-7-11)10-2-1-3-12(8-10)22-14-13(19)15(20)18-16(14)21/h1-8,14H,(H,18,20,21). The summed E-state index contributed by atoms with van der Waals surface area (Å²) in [5, 5.41) is 2.55. The first-order chi connectivity index (χ1) is 10.5. The maximum absolute atomic E-state index is 11.5. The third-order valence-electron chi connectivity index (χ3n) is 3.20. The minimum atomic E-state index is -1.42. The number of Topliss-reactive ketones (excluding diaryl/α,β-unsaturated/α-hetero) is 1. The molecule has 2 aromatic carbocycles. The number of amides is 2. The van der Waals surface area contributed by atoms with Gasteiger partial charge in [0.25, 0.3) is 17.6 Å². The number of hydrogen-bond acceptors (Lipinski definition) is 4. The third kappa shape index (κ3) is 2.71. The molecule has 1 heterocycles. The minimum absolute atomic E-state index is 0.329. The van der Waals surface area contributed by atoms with Crippen molar-refractivity contribution in [1.82, 2.24) is 5.32 Å². The van der Waals surface area contributed by atoms with Crippen molar-refractivity contribution in [3.05, 3.63) is 53.6 Å². The molecule has 1 aliphatic rings. The van der Waals surface area contributed by atoms with Crippen LogP contribution in [-0.2, 0) is 14.4 Å². The number of rotatable bonds is 3. The molecule has 2 amide bonds. The van der Waals surface area contributed by atoms with Gasteiger partial charge in [-0.15, -0.1) is 0 Å². The predicted octanol–water partition coefficient (Wildman–Crippen LogP) is 1.98. The van der Waals surface area contributed by atoms with E-state index in [9.17, 15) is 14.4 Å². The number of ether oxygens (including phenoxy) is 1.